The summed E-state index contributed by atoms with van der Waals surface area (Å²) < 4.78 is 11.5. The Bertz CT molecular complexity index is 225. The van der Waals surface area contributed by atoms with E-state index in [-0.39, 0.29) is 5.60 Å². The van der Waals surface area contributed by atoms with Crippen molar-refractivity contribution in [2.75, 3.05) is 26.3 Å². The summed E-state index contributed by atoms with van der Waals surface area (Å²) in [5, 5.41) is 0. The van der Waals surface area contributed by atoms with Gasteiger partial charge >= 0.3 is 0 Å². The molecule has 1 fully saturated rings. The lowest BCUT2D eigenvalue weighted by Crippen LogP contribution is -2.49. The van der Waals surface area contributed by atoms with Crippen LogP contribution >= 0.6 is 0 Å². The van der Waals surface area contributed by atoms with Gasteiger partial charge in [0.15, 0.2) is 0 Å². The molecule has 0 amide bonds. The molecular weight excluding hydrogens is 214 g/mol. The summed E-state index contributed by atoms with van der Waals surface area (Å²) >= 11 is 0. The molecule has 0 spiro atoms. The van der Waals surface area contributed by atoms with E-state index in [1.165, 1.54) is 0 Å². The average molecular weight is 243 g/mol. The maximum Gasteiger partial charge on any atom is 0.0674 e. The van der Waals surface area contributed by atoms with Gasteiger partial charge in [0.05, 0.1) is 24.9 Å². The molecule has 3 heteroatoms. The van der Waals surface area contributed by atoms with Gasteiger partial charge in [-0.25, -0.2) is 0 Å². The third-order valence-corrected chi connectivity index (χ3v) is 3.08. The molecule has 3 atom stereocenters. The van der Waals surface area contributed by atoms with Gasteiger partial charge in [-0.2, -0.15) is 0 Å². The molecule has 0 aromatic rings. The van der Waals surface area contributed by atoms with E-state index in [1.54, 1.807) is 0 Å². The van der Waals surface area contributed by atoms with Crippen LogP contribution < -0.4 is 0 Å². The molecule has 0 bridgehead atoms. The fraction of sp³-hybridized carbons (Fsp3) is 1.00. The van der Waals surface area contributed by atoms with Crippen LogP contribution in [0.2, 0.25) is 0 Å². The normalized spacial score (nSPS) is 29.3. The number of hydrogen-bond acceptors (Lipinski definition) is 3. The molecule has 0 saturated carbocycles. The zero-order valence-electron chi connectivity index (χ0n) is 12.3. The zero-order valence-corrected chi connectivity index (χ0v) is 12.3. The monoisotopic (exact) mass is 243 g/mol. The Morgan fingerprint density at radius 1 is 1.35 bits per heavy atom. The minimum Gasteiger partial charge on any atom is -0.376 e. The highest BCUT2D eigenvalue weighted by Gasteiger charge is 2.25. The van der Waals surface area contributed by atoms with Crippen molar-refractivity contribution < 1.29 is 9.47 Å². The molecule has 0 unspecified atom stereocenters. The molecule has 1 saturated heterocycles. The van der Waals surface area contributed by atoms with Gasteiger partial charge in [-0.1, -0.05) is 6.92 Å². The van der Waals surface area contributed by atoms with Gasteiger partial charge in [-0.3, -0.25) is 4.90 Å². The van der Waals surface area contributed by atoms with Crippen LogP contribution in [0.15, 0.2) is 0 Å². The smallest absolute Gasteiger partial charge is 0.0674 e. The van der Waals surface area contributed by atoms with Crippen molar-refractivity contribution in [3.05, 3.63) is 0 Å². The van der Waals surface area contributed by atoms with Crippen molar-refractivity contribution in [3.8, 4) is 0 Å². The average Bonchev–Trinajstić information content (AvgIpc) is 2.20. The molecule has 1 heterocycles. The highest BCUT2D eigenvalue weighted by molar-refractivity contribution is 4.76. The fourth-order valence-corrected chi connectivity index (χ4v) is 2.07. The van der Waals surface area contributed by atoms with Gasteiger partial charge in [0.1, 0.15) is 0 Å². The van der Waals surface area contributed by atoms with Crippen molar-refractivity contribution in [2.24, 2.45) is 5.92 Å². The van der Waals surface area contributed by atoms with Crippen LogP contribution in [0.3, 0.4) is 0 Å². The van der Waals surface area contributed by atoms with Gasteiger partial charge in [0.2, 0.25) is 0 Å². The first-order chi connectivity index (χ1) is 7.78. The van der Waals surface area contributed by atoms with E-state index in [0.29, 0.717) is 18.1 Å². The standard InChI is InChI=1S/C14H29NO2/c1-11(9-17-14(4,5)6)7-15-8-13(3)16-10-12(15)2/h11-13H,7-10H2,1-6H3/t11-,12-,13-/m1/s1. The molecular formula is C14H29NO2. The first kappa shape index (κ1) is 14.9. The lowest BCUT2D eigenvalue weighted by atomic mass is 10.1. The molecule has 1 aliphatic heterocycles. The number of ether oxygens (including phenoxy) is 2. The first-order valence-corrected chi connectivity index (χ1v) is 6.77. The summed E-state index contributed by atoms with van der Waals surface area (Å²) in [6.45, 7) is 16.8. The van der Waals surface area contributed by atoms with Crippen molar-refractivity contribution >= 4 is 0 Å². The SMILES string of the molecule is C[C@@H](COC(C)(C)C)CN1C[C@@H](C)OC[C@H]1C. The lowest BCUT2D eigenvalue weighted by Gasteiger charge is -2.38. The molecule has 102 valence electrons. The van der Waals surface area contributed by atoms with Crippen LogP contribution in [-0.4, -0.2) is 49.0 Å². The highest BCUT2D eigenvalue weighted by atomic mass is 16.5. The second-order valence-electron chi connectivity index (χ2n) is 6.48. The second-order valence-corrected chi connectivity index (χ2v) is 6.48. The van der Waals surface area contributed by atoms with Crippen molar-refractivity contribution in [2.45, 2.75) is 59.3 Å². The lowest BCUT2D eigenvalue weighted by molar-refractivity contribution is -0.0665. The summed E-state index contributed by atoms with van der Waals surface area (Å²) in [6.07, 6.45) is 0.363. The fourth-order valence-electron chi connectivity index (χ4n) is 2.07. The van der Waals surface area contributed by atoms with E-state index in [9.17, 15) is 0 Å². The van der Waals surface area contributed by atoms with Crippen molar-refractivity contribution in [3.63, 3.8) is 0 Å². The van der Waals surface area contributed by atoms with Crippen LogP contribution in [0.4, 0.5) is 0 Å². The molecule has 0 aliphatic carbocycles. The van der Waals surface area contributed by atoms with Gasteiger partial charge in [0.25, 0.3) is 0 Å². The molecule has 1 aliphatic rings. The van der Waals surface area contributed by atoms with Gasteiger partial charge in [-0.05, 0) is 40.5 Å². The van der Waals surface area contributed by atoms with E-state index < -0.39 is 0 Å². The van der Waals surface area contributed by atoms with E-state index in [2.05, 4.69) is 46.4 Å². The van der Waals surface area contributed by atoms with Gasteiger partial charge in [0, 0.05) is 19.1 Å². The molecule has 17 heavy (non-hydrogen) atoms. The molecule has 0 aromatic carbocycles. The quantitative estimate of drug-likeness (QED) is 0.757. The number of morpholine rings is 1. The summed E-state index contributed by atoms with van der Waals surface area (Å²) in [5.41, 5.74) is -0.0296. The van der Waals surface area contributed by atoms with Crippen LogP contribution in [0, 0.1) is 5.92 Å². The van der Waals surface area contributed by atoms with Crippen LogP contribution in [-0.2, 0) is 9.47 Å². The van der Waals surface area contributed by atoms with Crippen LogP contribution in [0.5, 0.6) is 0 Å². The Morgan fingerprint density at radius 3 is 2.59 bits per heavy atom. The van der Waals surface area contributed by atoms with Crippen molar-refractivity contribution in [1.82, 2.24) is 4.90 Å². The Kier molecular flexibility index (Phi) is 5.42. The Labute approximate surface area is 106 Å². The van der Waals surface area contributed by atoms with Crippen molar-refractivity contribution in [1.29, 1.82) is 0 Å². The molecule has 1 rings (SSSR count). The summed E-state index contributed by atoms with van der Waals surface area (Å²) in [7, 11) is 0. The Morgan fingerprint density at radius 2 is 2.00 bits per heavy atom. The first-order valence-electron chi connectivity index (χ1n) is 6.77. The molecule has 0 aromatic heterocycles. The summed E-state index contributed by atoms with van der Waals surface area (Å²) in [5.74, 6) is 0.571. The predicted molar refractivity (Wildman–Crippen MR) is 71.3 cm³/mol. The van der Waals surface area contributed by atoms with E-state index in [0.717, 1.165) is 26.3 Å². The summed E-state index contributed by atoms with van der Waals surface area (Å²) in [4.78, 5) is 2.52. The van der Waals surface area contributed by atoms with Gasteiger partial charge in [-0.15, -0.1) is 0 Å². The summed E-state index contributed by atoms with van der Waals surface area (Å²) in [6, 6.07) is 0.531. The zero-order chi connectivity index (χ0) is 13.1. The number of rotatable bonds is 4. The minimum atomic E-state index is -0.0296. The van der Waals surface area contributed by atoms with Gasteiger partial charge < -0.3 is 9.47 Å². The van der Waals surface area contributed by atoms with Crippen LogP contribution in [0.25, 0.3) is 0 Å². The predicted octanol–water partition coefficient (Wildman–Crippen LogP) is 2.55. The van der Waals surface area contributed by atoms with E-state index in [1.807, 2.05) is 0 Å². The Hall–Kier alpha value is -0.120. The maximum atomic E-state index is 5.84. The van der Waals surface area contributed by atoms with E-state index >= 15 is 0 Å². The molecule has 0 N–H and O–H groups in total. The topological polar surface area (TPSA) is 21.7 Å². The van der Waals surface area contributed by atoms with E-state index in [4.69, 9.17) is 9.47 Å². The minimum absolute atomic E-state index is 0.0296. The highest BCUT2D eigenvalue weighted by Crippen LogP contribution is 2.15. The molecule has 0 radical (unpaired) electrons. The third kappa shape index (κ3) is 5.84. The Balaban J connectivity index is 2.31. The molecule has 3 nitrogen and oxygen atoms in total. The third-order valence-electron chi connectivity index (χ3n) is 3.08. The largest absolute Gasteiger partial charge is 0.376 e. The maximum absolute atomic E-state index is 5.84. The number of nitrogens with zero attached hydrogens (tertiary/aromatic N) is 1. The number of hydrogen-bond donors (Lipinski definition) is 0. The second kappa shape index (κ2) is 6.17. The van der Waals surface area contributed by atoms with Crippen LogP contribution in [0.1, 0.15) is 41.5 Å².